The van der Waals surface area contributed by atoms with Crippen molar-refractivity contribution in [3.63, 3.8) is 0 Å². The number of nitrogen functional groups attached to an aromatic ring is 1. The van der Waals surface area contributed by atoms with Crippen molar-refractivity contribution in [1.29, 1.82) is 0 Å². The molecule has 0 unspecified atom stereocenters. The van der Waals surface area contributed by atoms with E-state index in [-0.39, 0.29) is 11.9 Å². The van der Waals surface area contributed by atoms with Crippen LogP contribution in [0, 0.1) is 0 Å². The molecule has 0 spiro atoms. The lowest BCUT2D eigenvalue weighted by Crippen LogP contribution is -2.25. The van der Waals surface area contributed by atoms with Crippen LogP contribution in [0.1, 0.15) is 6.42 Å². The zero-order valence-corrected chi connectivity index (χ0v) is 11.2. The third kappa shape index (κ3) is 2.05. The zero-order valence-electron chi connectivity index (χ0n) is 11.2. The van der Waals surface area contributed by atoms with E-state index in [2.05, 4.69) is 9.97 Å². The smallest absolute Gasteiger partial charge is 0.228 e. The van der Waals surface area contributed by atoms with E-state index < -0.39 is 0 Å². The van der Waals surface area contributed by atoms with E-state index in [1.165, 1.54) is 0 Å². The number of aromatic nitrogens is 2. The third-order valence-corrected chi connectivity index (χ3v) is 3.38. The number of anilines is 4. The molecule has 1 aliphatic rings. The van der Waals surface area contributed by atoms with Crippen LogP contribution in [0.5, 0.6) is 0 Å². The fourth-order valence-corrected chi connectivity index (χ4v) is 2.29. The van der Waals surface area contributed by atoms with Crippen molar-refractivity contribution in [2.24, 2.45) is 0 Å². The molecule has 0 saturated carbocycles. The Morgan fingerprint density at radius 3 is 2.75 bits per heavy atom. The van der Waals surface area contributed by atoms with Crippen molar-refractivity contribution in [3.05, 3.63) is 36.5 Å². The number of para-hydroxylation sites is 1. The molecular formula is C14H15N5O. The fraction of sp³-hybridized carbons (Fsp3) is 0.214. The van der Waals surface area contributed by atoms with Crippen LogP contribution in [0.4, 0.5) is 23.1 Å². The van der Waals surface area contributed by atoms with Crippen molar-refractivity contribution >= 4 is 29.0 Å². The quantitative estimate of drug-likeness (QED) is 0.850. The first-order valence-corrected chi connectivity index (χ1v) is 6.38. The first-order valence-electron chi connectivity index (χ1n) is 6.38. The van der Waals surface area contributed by atoms with Crippen molar-refractivity contribution in [3.8, 4) is 0 Å². The summed E-state index contributed by atoms with van der Waals surface area (Å²) in [4.78, 5) is 23.9. The van der Waals surface area contributed by atoms with E-state index in [1.54, 1.807) is 18.1 Å². The number of benzene rings is 1. The SMILES string of the molecule is CN1C(=O)CCN(c2ccccc2)c2nc(N)ncc21. The van der Waals surface area contributed by atoms with Crippen LogP contribution >= 0.6 is 0 Å². The van der Waals surface area contributed by atoms with Crippen molar-refractivity contribution in [1.82, 2.24) is 9.97 Å². The summed E-state index contributed by atoms with van der Waals surface area (Å²) in [6.07, 6.45) is 2.01. The Labute approximate surface area is 116 Å². The summed E-state index contributed by atoms with van der Waals surface area (Å²) < 4.78 is 0. The molecule has 3 rings (SSSR count). The number of nitrogens with zero attached hydrogens (tertiary/aromatic N) is 4. The molecule has 1 amide bonds. The predicted molar refractivity (Wildman–Crippen MR) is 77.9 cm³/mol. The van der Waals surface area contributed by atoms with E-state index in [0.717, 1.165) is 5.69 Å². The van der Waals surface area contributed by atoms with Gasteiger partial charge in [0.1, 0.15) is 5.69 Å². The standard InChI is InChI=1S/C14H15N5O/c1-18-11-9-16-14(15)17-13(11)19(8-7-12(18)20)10-5-3-2-4-6-10/h2-6,9H,7-8H2,1H3,(H2,15,16,17). The second-order valence-corrected chi connectivity index (χ2v) is 4.63. The summed E-state index contributed by atoms with van der Waals surface area (Å²) in [5.41, 5.74) is 7.35. The van der Waals surface area contributed by atoms with Gasteiger partial charge < -0.3 is 15.5 Å². The van der Waals surface area contributed by atoms with Gasteiger partial charge in [-0.2, -0.15) is 4.98 Å². The molecule has 0 aliphatic carbocycles. The Balaban J connectivity index is 2.15. The first-order chi connectivity index (χ1) is 9.66. The van der Waals surface area contributed by atoms with Gasteiger partial charge >= 0.3 is 0 Å². The number of rotatable bonds is 1. The lowest BCUT2D eigenvalue weighted by molar-refractivity contribution is -0.118. The van der Waals surface area contributed by atoms with Gasteiger partial charge in [0.25, 0.3) is 0 Å². The lowest BCUT2D eigenvalue weighted by atomic mass is 10.2. The minimum atomic E-state index is 0.0399. The van der Waals surface area contributed by atoms with E-state index in [0.29, 0.717) is 24.5 Å². The van der Waals surface area contributed by atoms with Gasteiger partial charge in [-0.3, -0.25) is 4.79 Å². The van der Waals surface area contributed by atoms with Gasteiger partial charge in [-0.15, -0.1) is 0 Å². The summed E-state index contributed by atoms with van der Waals surface area (Å²) in [5, 5.41) is 0. The molecule has 0 bridgehead atoms. The molecule has 20 heavy (non-hydrogen) atoms. The molecule has 6 nitrogen and oxygen atoms in total. The van der Waals surface area contributed by atoms with Crippen molar-refractivity contribution in [2.45, 2.75) is 6.42 Å². The molecule has 2 aromatic rings. The normalized spacial score (nSPS) is 14.9. The highest BCUT2D eigenvalue weighted by molar-refractivity contribution is 5.98. The Hall–Kier alpha value is -2.63. The molecule has 6 heteroatoms. The molecule has 2 heterocycles. The highest BCUT2D eigenvalue weighted by Gasteiger charge is 2.26. The van der Waals surface area contributed by atoms with Crippen LogP contribution in [-0.4, -0.2) is 29.5 Å². The van der Waals surface area contributed by atoms with Crippen LogP contribution < -0.4 is 15.5 Å². The zero-order chi connectivity index (χ0) is 14.1. The number of hydrogen-bond donors (Lipinski definition) is 1. The minimum Gasteiger partial charge on any atom is -0.368 e. The van der Waals surface area contributed by atoms with Gasteiger partial charge in [0.05, 0.1) is 6.20 Å². The highest BCUT2D eigenvalue weighted by atomic mass is 16.2. The third-order valence-electron chi connectivity index (χ3n) is 3.38. The molecule has 0 saturated heterocycles. The molecule has 1 aliphatic heterocycles. The average molecular weight is 269 g/mol. The Kier molecular flexibility index (Phi) is 2.98. The average Bonchev–Trinajstić information content (AvgIpc) is 2.58. The predicted octanol–water partition coefficient (Wildman–Crippen LogP) is 1.56. The number of carbonyl (C=O) groups excluding carboxylic acids is 1. The van der Waals surface area contributed by atoms with Gasteiger partial charge in [-0.1, -0.05) is 18.2 Å². The number of carbonyl (C=O) groups is 1. The monoisotopic (exact) mass is 269 g/mol. The summed E-state index contributed by atoms with van der Waals surface area (Å²) in [7, 11) is 1.73. The second-order valence-electron chi connectivity index (χ2n) is 4.63. The Morgan fingerprint density at radius 1 is 1.25 bits per heavy atom. The van der Waals surface area contributed by atoms with E-state index in [4.69, 9.17) is 5.73 Å². The van der Waals surface area contributed by atoms with E-state index in [9.17, 15) is 4.79 Å². The maximum absolute atomic E-state index is 12.1. The van der Waals surface area contributed by atoms with Gasteiger partial charge in [-0.05, 0) is 12.1 Å². The summed E-state index contributed by atoms with van der Waals surface area (Å²) >= 11 is 0. The second kappa shape index (κ2) is 4.80. The molecule has 1 aromatic carbocycles. The van der Waals surface area contributed by atoms with E-state index in [1.807, 2.05) is 35.2 Å². The Bertz CT molecular complexity index is 643. The van der Waals surface area contributed by atoms with Crippen LogP contribution in [0.25, 0.3) is 0 Å². The van der Waals surface area contributed by atoms with Crippen LogP contribution in [0.3, 0.4) is 0 Å². The molecule has 102 valence electrons. The number of amides is 1. The van der Waals surface area contributed by atoms with Crippen LogP contribution in [0.15, 0.2) is 36.5 Å². The molecule has 2 N–H and O–H groups in total. The molecular weight excluding hydrogens is 254 g/mol. The van der Waals surface area contributed by atoms with E-state index >= 15 is 0 Å². The maximum atomic E-state index is 12.1. The molecule has 1 aromatic heterocycles. The van der Waals surface area contributed by atoms with Crippen molar-refractivity contribution in [2.75, 3.05) is 29.1 Å². The molecule has 0 atom stereocenters. The molecule has 0 fully saturated rings. The number of fused-ring (bicyclic) bond motifs is 1. The van der Waals surface area contributed by atoms with Gasteiger partial charge in [0.15, 0.2) is 5.82 Å². The lowest BCUT2D eigenvalue weighted by Gasteiger charge is -2.23. The van der Waals surface area contributed by atoms with Gasteiger partial charge in [0.2, 0.25) is 11.9 Å². The summed E-state index contributed by atoms with van der Waals surface area (Å²) in [5.74, 6) is 0.905. The summed E-state index contributed by atoms with van der Waals surface area (Å²) in [6.45, 7) is 0.566. The Morgan fingerprint density at radius 2 is 2.00 bits per heavy atom. The highest BCUT2D eigenvalue weighted by Crippen LogP contribution is 2.34. The summed E-state index contributed by atoms with van der Waals surface area (Å²) in [6, 6.07) is 9.83. The fourth-order valence-electron chi connectivity index (χ4n) is 2.29. The van der Waals surface area contributed by atoms with Crippen LogP contribution in [0.2, 0.25) is 0 Å². The first kappa shape index (κ1) is 12.4. The molecule has 0 radical (unpaired) electrons. The maximum Gasteiger partial charge on any atom is 0.228 e. The minimum absolute atomic E-state index is 0.0399. The number of nitrogens with two attached hydrogens (primary N) is 1. The largest absolute Gasteiger partial charge is 0.368 e. The van der Waals surface area contributed by atoms with Gasteiger partial charge in [-0.25, -0.2) is 4.98 Å². The van der Waals surface area contributed by atoms with Gasteiger partial charge in [0, 0.05) is 25.7 Å². The van der Waals surface area contributed by atoms with Crippen molar-refractivity contribution < 1.29 is 4.79 Å². The topological polar surface area (TPSA) is 75.4 Å². The number of hydrogen-bond acceptors (Lipinski definition) is 5. The van der Waals surface area contributed by atoms with Crippen LogP contribution in [-0.2, 0) is 4.79 Å².